The number of hydrogen-bond donors (Lipinski definition) is 4. The molecule has 4 N–H and O–H groups in total. The zero-order chi connectivity index (χ0) is 46.0. The van der Waals surface area contributed by atoms with Crippen molar-refractivity contribution in [3.8, 4) is 5.75 Å². The van der Waals surface area contributed by atoms with Crippen LogP contribution in [0.1, 0.15) is 63.6 Å². The number of nitrogens with one attached hydrogen (secondary N) is 3. The van der Waals surface area contributed by atoms with Crippen molar-refractivity contribution in [1.29, 1.82) is 0 Å². The smallest absolute Gasteiger partial charge is 0.246 e. The molecule has 0 radical (unpaired) electrons. The van der Waals surface area contributed by atoms with Crippen LogP contribution in [0.25, 0.3) is 0 Å². The number of aromatic hydroxyl groups is 1. The average Bonchev–Trinajstić information content (AvgIpc) is 3.75. The number of phenolic OH excluding ortho intramolecular Hbond substituents is 1. The number of carbonyl (C=O) groups is 7. The summed E-state index contributed by atoms with van der Waals surface area (Å²) in [4.78, 5) is 106. The van der Waals surface area contributed by atoms with Crippen molar-refractivity contribution in [3.63, 3.8) is 0 Å². The molecule has 5 rings (SSSR count). The number of rotatable bonds is 9. The maximum Gasteiger partial charge on any atom is 0.246 e. The van der Waals surface area contributed by atoms with Crippen molar-refractivity contribution in [2.75, 3.05) is 34.2 Å². The molecule has 63 heavy (non-hydrogen) atoms. The molecule has 6 atom stereocenters. The largest absolute Gasteiger partial charge is 0.508 e. The molecule has 2 aliphatic heterocycles. The Hall–Kier alpha value is -6.25. The van der Waals surface area contributed by atoms with E-state index in [9.17, 15) is 38.7 Å². The number of fused-ring (bicyclic) bond motifs is 1. The van der Waals surface area contributed by atoms with E-state index in [2.05, 4.69) is 16.0 Å². The lowest BCUT2D eigenvalue weighted by Gasteiger charge is -2.36. The molecular weight excluding hydrogens is 803 g/mol. The molecule has 0 saturated carbocycles. The number of amides is 7. The van der Waals surface area contributed by atoms with Gasteiger partial charge in [0.15, 0.2) is 0 Å². The highest BCUT2D eigenvalue weighted by atomic mass is 16.3. The molecule has 338 valence electrons. The van der Waals surface area contributed by atoms with E-state index < -0.39 is 90.1 Å². The lowest BCUT2D eigenvalue weighted by molar-refractivity contribution is -0.150. The number of nitrogens with zero attached hydrogens (tertiary/aromatic N) is 4. The third kappa shape index (κ3) is 12.4. The van der Waals surface area contributed by atoms with E-state index in [0.717, 1.165) is 11.1 Å². The third-order valence-electron chi connectivity index (χ3n) is 11.9. The molecule has 2 aliphatic rings. The third-order valence-corrected chi connectivity index (χ3v) is 11.9. The Morgan fingerprint density at radius 2 is 1.14 bits per heavy atom. The maximum atomic E-state index is 14.7. The lowest BCUT2D eigenvalue weighted by atomic mass is 9.97. The molecule has 15 nitrogen and oxygen atoms in total. The number of likely N-dealkylation sites (N-methyl/N-ethyl adjacent to an activating group) is 3. The summed E-state index contributed by atoms with van der Waals surface area (Å²) in [5, 5.41) is 18.6. The molecule has 2 saturated heterocycles. The Morgan fingerprint density at radius 1 is 0.603 bits per heavy atom. The van der Waals surface area contributed by atoms with Crippen LogP contribution in [0, 0.1) is 11.8 Å². The van der Waals surface area contributed by atoms with Crippen molar-refractivity contribution in [3.05, 3.63) is 102 Å². The summed E-state index contributed by atoms with van der Waals surface area (Å²) >= 11 is 0. The number of carbonyl (C=O) groups excluding carboxylic acids is 7. The van der Waals surface area contributed by atoms with Crippen LogP contribution in [0.4, 0.5) is 0 Å². The van der Waals surface area contributed by atoms with Gasteiger partial charge in [0, 0.05) is 47.0 Å². The summed E-state index contributed by atoms with van der Waals surface area (Å²) in [6, 6.07) is 17.9. The Kier molecular flexibility index (Phi) is 16.5. The first-order valence-electron chi connectivity index (χ1n) is 21.8. The molecule has 3 aromatic rings. The fourth-order valence-electron chi connectivity index (χ4n) is 8.34. The summed E-state index contributed by atoms with van der Waals surface area (Å²) in [6.45, 7) is 7.17. The average molecular weight is 866 g/mol. The SMILES string of the molecule is CC(C)C[C@@H]1NC(=O)[C@H](C(C)C)NC(=O)[C@H](Cc2ccc(O)cc2)N(C)C(=O)[C@H](Cc2ccccc2)NC(=O)CN(C)C(=O)[C@@H]2CCCN2C(=O)[C@@H](Cc2ccccc2)N(C)C1=O. The van der Waals surface area contributed by atoms with Gasteiger partial charge in [0.1, 0.15) is 42.0 Å². The number of benzene rings is 3. The molecule has 2 fully saturated rings. The van der Waals surface area contributed by atoms with E-state index in [-0.39, 0.29) is 43.9 Å². The van der Waals surface area contributed by atoms with Crippen LogP contribution in [0.3, 0.4) is 0 Å². The first-order chi connectivity index (χ1) is 29.9. The van der Waals surface area contributed by atoms with Crippen LogP contribution in [-0.4, -0.2) is 137 Å². The van der Waals surface area contributed by atoms with Gasteiger partial charge < -0.3 is 40.7 Å². The van der Waals surface area contributed by atoms with E-state index in [1.165, 1.54) is 52.9 Å². The van der Waals surface area contributed by atoms with E-state index >= 15 is 0 Å². The second-order valence-corrected chi connectivity index (χ2v) is 17.6. The lowest BCUT2D eigenvalue weighted by Crippen LogP contribution is -2.61. The Morgan fingerprint density at radius 3 is 1.73 bits per heavy atom. The molecule has 0 aromatic heterocycles. The van der Waals surface area contributed by atoms with Gasteiger partial charge in [-0.2, -0.15) is 0 Å². The normalized spacial score (nSPS) is 24.0. The molecule has 0 aliphatic carbocycles. The van der Waals surface area contributed by atoms with Crippen molar-refractivity contribution < 1.29 is 38.7 Å². The van der Waals surface area contributed by atoms with Crippen LogP contribution in [0.5, 0.6) is 5.75 Å². The Bertz CT molecular complexity index is 2080. The predicted octanol–water partition coefficient (Wildman–Crippen LogP) is 2.69. The highest BCUT2D eigenvalue weighted by molar-refractivity contribution is 5.98. The fourth-order valence-corrected chi connectivity index (χ4v) is 8.34. The van der Waals surface area contributed by atoms with Crippen molar-refractivity contribution in [2.24, 2.45) is 11.8 Å². The summed E-state index contributed by atoms with van der Waals surface area (Å²) in [6.07, 6.45) is 1.27. The van der Waals surface area contributed by atoms with Gasteiger partial charge in [-0.25, -0.2) is 0 Å². The number of phenols is 1. The monoisotopic (exact) mass is 865 g/mol. The van der Waals surface area contributed by atoms with Crippen LogP contribution < -0.4 is 16.0 Å². The van der Waals surface area contributed by atoms with Gasteiger partial charge in [-0.3, -0.25) is 33.6 Å². The molecule has 3 aromatic carbocycles. The maximum absolute atomic E-state index is 14.7. The standard InChI is InChI=1S/C48H63N7O8/c1-30(2)25-36-45(60)54(7)40(28-33-17-12-9-13-18-33)48(63)55-24-14-19-38(55)47(62)52(5)29-41(57)49-37(26-32-15-10-8-11-16-32)46(61)53(6)39(27-34-20-22-35(56)23-21-34)43(58)51-42(31(3)4)44(59)50-36/h8-13,15-18,20-23,30-31,36-40,42,56H,14,19,24-29H2,1-7H3,(H,49,57)(H,50,59)(H,51,58)/t36-,37-,38-,39-,40+,42-/m0/s1. The van der Waals surface area contributed by atoms with Crippen LogP contribution in [0.2, 0.25) is 0 Å². The molecule has 15 heteroatoms. The summed E-state index contributed by atoms with van der Waals surface area (Å²) < 4.78 is 0. The summed E-state index contributed by atoms with van der Waals surface area (Å²) in [7, 11) is 4.45. The Balaban J connectivity index is 1.60. The minimum Gasteiger partial charge on any atom is -0.508 e. The molecule has 0 unspecified atom stereocenters. The van der Waals surface area contributed by atoms with Gasteiger partial charge in [-0.1, -0.05) is 100 Å². The van der Waals surface area contributed by atoms with Gasteiger partial charge in [-0.05, 0) is 59.9 Å². The second kappa shape index (κ2) is 21.7. The van der Waals surface area contributed by atoms with E-state index in [4.69, 9.17) is 0 Å². The van der Waals surface area contributed by atoms with Gasteiger partial charge in [-0.15, -0.1) is 0 Å². The molecule has 2 heterocycles. The van der Waals surface area contributed by atoms with Crippen LogP contribution in [-0.2, 0) is 52.8 Å². The molecule has 7 amide bonds. The van der Waals surface area contributed by atoms with Crippen LogP contribution >= 0.6 is 0 Å². The minimum atomic E-state index is -1.21. The second-order valence-electron chi connectivity index (χ2n) is 17.6. The van der Waals surface area contributed by atoms with Crippen molar-refractivity contribution in [1.82, 2.24) is 35.6 Å². The fraction of sp³-hybridized carbons (Fsp3) is 0.479. The highest BCUT2D eigenvalue weighted by Crippen LogP contribution is 2.24. The van der Waals surface area contributed by atoms with E-state index in [1.54, 1.807) is 38.1 Å². The Labute approximate surface area is 370 Å². The predicted molar refractivity (Wildman–Crippen MR) is 238 cm³/mol. The summed E-state index contributed by atoms with van der Waals surface area (Å²) in [5.74, 6) is -4.45. The zero-order valence-corrected chi connectivity index (χ0v) is 37.5. The van der Waals surface area contributed by atoms with Gasteiger partial charge in [0.25, 0.3) is 0 Å². The van der Waals surface area contributed by atoms with Gasteiger partial charge >= 0.3 is 0 Å². The van der Waals surface area contributed by atoms with Crippen molar-refractivity contribution in [2.45, 2.75) is 102 Å². The van der Waals surface area contributed by atoms with Crippen molar-refractivity contribution >= 4 is 41.4 Å². The first kappa shape index (κ1) is 47.8. The molecular formula is C48H63N7O8. The van der Waals surface area contributed by atoms with E-state index in [1.807, 2.05) is 62.4 Å². The highest BCUT2D eigenvalue weighted by Gasteiger charge is 2.43. The zero-order valence-electron chi connectivity index (χ0n) is 37.5. The number of hydrogen-bond acceptors (Lipinski definition) is 8. The minimum absolute atomic E-state index is 0.0118. The summed E-state index contributed by atoms with van der Waals surface area (Å²) in [5.41, 5.74) is 2.13. The first-order valence-corrected chi connectivity index (χ1v) is 21.8. The topological polar surface area (TPSA) is 189 Å². The van der Waals surface area contributed by atoms with Gasteiger partial charge in [0.2, 0.25) is 41.4 Å². The molecule has 0 bridgehead atoms. The van der Waals surface area contributed by atoms with Gasteiger partial charge in [0.05, 0.1) is 6.54 Å². The quantitative estimate of drug-likeness (QED) is 0.253. The molecule has 0 spiro atoms. The van der Waals surface area contributed by atoms with Crippen LogP contribution in [0.15, 0.2) is 84.9 Å². The van der Waals surface area contributed by atoms with E-state index in [0.29, 0.717) is 18.4 Å².